The molecule has 6 heteroatoms. The third-order valence-electron chi connectivity index (χ3n) is 4.31. The smallest absolute Gasteiger partial charge is 0.225 e. The van der Waals surface area contributed by atoms with Crippen LogP contribution in [-0.2, 0) is 11.2 Å². The number of hydrogen-bond donors (Lipinski definition) is 1. The molecule has 23 heavy (non-hydrogen) atoms. The summed E-state index contributed by atoms with van der Waals surface area (Å²) in [6.45, 7) is 4.97. The standard InChI is InChI=1S/C17H23N3OS2/c1-19-5-7-20(8-6-19)16(14-4-10-22-13-14)12-18-17(21)11-15-3-2-9-23-15/h2-4,9-10,13,16H,5-8,11-12H2,1H3,(H,18,21)/t16-/m1/s1. The van der Waals surface area contributed by atoms with Crippen LogP contribution in [0, 0.1) is 0 Å². The Kier molecular flexibility index (Phi) is 5.83. The maximum atomic E-state index is 12.2. The first-order chi connectivity index (χ1) is 11.2. The minimum Gasteiger partial charge on any atom is -0.354 e. The molecule has 0 unspecified atom stereocenters. The van der Waals surface area contributed by atoms with Crippen LogP contribution in [0.4, 0.5) is 0 Å². The minimum absolute atomic E-state index is 0.113. The Balaban J connectivity index is 1.59. The lowest BCUT2D eigenvalue weighted by Crippen LogP contribution is -2.48. The van der Waals surface area contributed by atoms with Gasteiger partial charge in [0.25, 0.3) is 0 Å². The van der Waals surface area contributed by atoms with Crippen LogP contribution >= 0.6 is 22.7 Å². The zero-order valence-electron chi connectivity index (χ0n) is 13.4. The highest BCUT2D eigenvalue weighted by atomic mass is 32.1. The van der Waals surface area contributed by atoms with E-state index in [1.807, 2.05) is 17.5 Å². The molecule has 3 rings (SSSR count). The number of carbonyl (C=O) groups is 1. The molecule has 2 aromatic rings. The second kappa shape index (κ2) is 8.06. The zero-order valence-corrected chi connectivity index (χ0v) is 15.0. The summed E-state index contributed by atoms with van der Waals surface area (Å²) >= 11 is 3.36. The van der Waals surface area contributed by atoms with Gasteiger partial charge in [0.1, 0.15) is 0 Å². The molecule has 0 spiro atoms. The van der Waals surface area contributed by atoms with Crippen LogP contribution in [0.5, 0.6) is 0 Å². The van der Waals surface area contributed by atoms with E-state index in [-0.39, 0.29) is 11.9 Å². The Hall–Kier alpha value is -1.21. The summed E-state index contributed by atoms with van der Waals surface area (Å²) in [6, 6.07) is 6.47. The first-order valence-electron chi connectivity index (χ1n) is 7.96. The topological polar surface area (TPSA) is 35.6 Å². The molecule has 1 fully saturated rings. The third-order valence-corrected chi connectivity index (χ3v) is 5.89. The van der Waals surface area contributed by atoms with Gasteiger partial charge in [-0.1, -0.05) is 6.07 Å². The molecular formula is C17H23N3OS2. The Morgan fingerprint density at radius 3 is 2.74 bits per heavy atom. The van der Waals surface area contributed by atoms with E-state index < -0.39 is 0 Å². The molecule has 0 radical (unpaired) electrons. The van der Waals surface area contributed by atoms with E-state index in [9.17, 15) is 4.79 Å². The van der Waals surface area contributed by atoms with Crippen molar-refractivity contribution < 1.29 is 4.79 Å². The highest BCUT2D eigenvalue weighted by Crippen LogP contribution is 2.23. The van der Waals surface area contributed by atoms with Gasteiger partial charge in [-0.15, -0.1) is 11.3 Å². The fraction of sp³-hybridized carbons (Fsp3) is 0.471. The third kappa shape index (κ3) is 4.64. The fourth-order valence-corrected chi connectivity index (χ4v) is 4.31. The molecule has 4 nitrogen and oxygen atoms in total. The normalized spacial score (nSPS) is 18.0. The number of likely N-dealkylation sites (N-methyl/N-ethyl adjacent to an activating group) is 1. The summed E-state index contributed by atoms with van der Waals surface area (Å²) in [5.41, 5.74) is 1.32. The van der Waals surface area contributed by atoms with Gasteiger partial charge in [0.05, 0.1) is 12.5 Å². The number of carbonyl (C=O) groups excluding carboxylic acids is 1. The van der Waals surface area contributed by atoms with E-state index in [2.05, 4.69) is 39.0 Å². The van der Waals surface area contributed by atoms with E-state index >= 15 is 0 Å². The van der Waals surface area contributed by atoms with Crippen molar-refractivity contribution in [2.45, 2.75) is 12.5 Å². The molecule has 3 heterocycles. The summed E-state index contributed by atoms with van der Waals surface area (Å²) in [4.78, 5) is 18.2. The number of hydrogen-bond acceptors (Lipinski definition) is 5. The monoisotopic (exact) mass is 349 g/mol. The number of rotatable bonds is 6. The lowest BCUT2D eigenvalue weighted by molar-refractivity contribution is -0.120. The van der Waals surface area contributed by atoms with Crippen molar-refractivity contribution in [2.24, 2.45) is 0 Å². The summed E-state index contributed by atoms with van der Waals surface area (Å²) in [5, 5.41) is 9.47. The Labute approximate surface area is 145 Å². The molecule has 0 aliphatic carbocycles. The van der Waals surface area contributed by atoms with Crippen LogP contribution in [0.3, 0.4) is 0 Å². The average Bonchev–Trinajstić information content (AvgIpc) is 3.23. The Morgan fingerprint density at radius 2 is 2.09 bits per heavy atom. The summed E-state index contributed by atoms with van der Waals surface area (Å²) in [6.07, 6.45) is 0.483. The predicted octanol–water partition coefficient (Wildman–Crippen LogP) is 2.46. The van der Waals surface area contributed by atoms with Crippen LogP contribution < -0.4 is 5.32 Å². The second-order valence-electron chi connectivity index (χ2n) is 5.97. The first-order valence-corrected chi connectivity index (χ1v) is 9.78. The average molecular weight is 350 g/mol. The predicted molar refractivity (Wildman–Crippen MR) is 97.2 cm³/mol. The van der Waals surface area contributed by atoms with Gasteiger partial charge < -0.3 is 10.2 Å². The SMILES string of the molecule is CN1CCN([C@H](CNC(=O)Cc2cccs2)c2ccsc2)CC1. The molecular weight excluding hydrogens is 326 g/mol. The molecule has 0 bridgehead atoms. The highest BCUT2D eigenvalue weighted by Gasteiger charge is 2.24. The van der Waals surface area contributed by atoms with Gasteiger partial charge in [0.15, 0.2) is 0 Å². The largest absolute Gasteiger partial charge is 0.354 e. The maximum Gasteiger partial charge on any atom is 0.225 e. The lowest BCUT2D eigenvalue weighted by Gasteiger charge is -2.38. The van der Waals surface area contributed by atoms with Crippen molar-refractivity contribution in [3.63, 3.8) is 0 Å². The molecule has 2 aromatic heterocycles. The van der Waals surface area contributed by atoms with Gasteiger partial charge in [0, 0.05) is 37.6 Å². The number of nitrogens with zero attached hydrogens (tertiary/aromatic N) is 2. The van der Waals surface area contributed by atoms with Crippen LogP contribution in [0.15, 0.2) is 34.3 Å². The van der Waals surface area contributed by atoms with Gasteiger partial charge in [-0.2, -0.15) is 11.3 Å². The van der Waals surface area contributed by atoms with Gasteiger partial charge >= 0.3 is 0 Å². The second-order valence-corrected chi connectivity index (χ2v) is 7.78. The van der Waals surface area contributed by atoms with Gasteiger partial charge in [-0.3, -0.25) is 9.69 Å². The summed E-state index contributed by atoms with van der Waals surface area (Å²) in [7, 11) is 2.17. The van der Waals surface area contributed by atoms with Crippen LogP contribution in [-0.4, -0.2) is 55.5 Å². The Bertz CT molecular complexity index is 589. The molecule has 0 saturated carbocycles. The van der Waals surface area contributed by atoms with Gasteiger partial charge in [0.2, 0.25) is 5.91 Å². The zero-order chi connectivity index (χ0) is 16.1. The van der Waals surface area contributed by atoms with E-state index in [1.165, 1.54) is 5.56 Å². The van der Waals surface area contributed by atoms with Crippen molar-refractivity contribution in [3.05, 3.63) is 44.8 Å². The molecule has 1 aliphatic rings. The number of amides is 1. The van der Waals surface area contributed by atoms with Gasteiger partial charge in [-0.05, 0) is 40.9 Å². The Morgan fingerprint density at radius 1 is 1.26 bits per heavy atom. The van der Waals surface area contributed by atoms with Crippen molar-refractivity contribution >= 4 is 28.6 Å². The molecule has 1 saturated heterocycles. The lowest BCUT2D eigenvalue weighted by atomic mass is 10.1. The van der Waals surface area contributed by atoms with E-state index in [0.29, 0.717) is 13.0 Å². The first kappa shape index (κ1) is 16.6. The molecule has 1 amide bonds. The van der Waals surface area contributed by atoms with Gasteiger partial charge in [-0.25, -0.2) is 0 Å². The number of nitrogens with one attached hydrogen (secondary N) is 1. The van der Waals surface area contributed by atoms with Crippen LogP contribution in [0.25, 0.3) is 0 Å². The summed E-state index contributed by atoms with van der Waals surface area (Å²) in [5.74, 6) is 0.113. The van der Waals surface area contributed by atoms with E-state index in [1.54, 1.807) is 22.7 Å². The van der Waals surface area contributed by atoms with Crippen molar-refractivity contribution in [2.75, 3.05) is 39.8 Å². The van der Waals surface area contributed by atoms with Crippen molar-refractivity contribution in [1.82, 2.24) is 15.1 Å². The highest BCUT2D eigenvalue weighted by molar-refractivity contribution is 7.10. The molecule has 1 atom stereocenters. The fourth-order valence-electron chi connectivity index (χ4n) is 2.90. The van der Waals surface area contributed by atoms with Crippen LogP contribution in [0.1, 0.15) is 16.5 Å². The molecule has 1 aliphatic heterocycles. The van der Waals surface area contributed by atoms with E-state index in [4.69, 9.17) is 0 Å². The molecule has 1 N–H and O–H groups in total. The van der Waals surface area contributed by atoms with Crippen LogP contribution in [0.2, 0.25) is 0 Å². The molecule has 0 aromatic carbocycles. The van der Waals surface area contributed by atoms with E-state index in [0.717, 1.165) is 31.1 Å². The number of piperazine rings is 1. The number of thiophene rings is 2. The minimum atomic E-state index is 0.113. The maximum absolute atomic E-state index is 12.2. The molecule has 124 valence electrons. The van der Waals surface area contributed by atoms with Crippen molar-refractivity contribution in [1.29, 1.82) is 0 Å². The summed E-state index contributed by atoms with van der Waals surface area (Å²) < 4.78 is 0. The quantitative estimate of drug-likeness (QED) is 0.870. The van der Waals surface area contributed by atoms with Crippen molar-refractivity contribution in [3.8, 4) is 0 Å².